The highest BCUT2D eigenvalue weighted by Gasteiger charge is 2.42. The van der Waals surface area contributed by atoms with E-state index in [9.17, 15) is 4.79 Å². The summed E-state index contributed by atoms with van der Waals surface area (Å²) < 4.78 is 24.3. The van der Waals surface area contributed by atoms with Gasteiger partial charge in [0, 0.05) is 50.2 Å². The van der Waals surface area contributed by atoms with Crippen LogP contribution in [-0.4, -0.2) is 106 Å². The second kappa shape index (κ2) is 15.6. The minimum absolute atomic E-state index is 0.0372. The van der Waals surface area contributed by atoms with E-state index in [1.165, 1.54) is 5.56 Å². The van der Waals surface area contributed by atoms with Crippen LogP contribution in [0.1, 0.15) is 35.2 Å². The maximum atomic E-state index is 13.9. The Bertz CT molecular complexity index is 1750. The third-order valence-electron chi connectivity index (χ3n) is 9.97. The molecule has 11 nitrogen and oxygen atoms in total. The molecule has 1 amide bonds. The molecule has 3 heterocycles. The van der Waals surface area contributed by atoms with Crippen molar-refractivity contribution < 1.29 is 23.7 Å². The summed E-state index contributed by atoms with van der Waals surface area (Å²) in [5.41, 5.74) is 3.71. The number of nitrogens with zero attached hydrogens (tertiary/aromatic N) is 6. The van der Waals surface area contributed by atoms with E-state index in [1.807, 2.05) is 17.0 Å². The number of para-hydroxylation sites is 2. The fourth-order valence-corrected chi connectivity index (χ4v) is 7.37. The van der Waals surface area contributed by atoms with Crippen molar-refractivity contribution in [3.63, 3.8) is 0 Å². The summed E-state index contributed by atoms with van der Waals surface area (Å²) >= 11 is 0. The van der Waals surface area contributed by atoms with E-state index in [1.54, 1.807) is 33.5 Å². The third-order valence-corrected chi connectivity index (χ3v) is 9.97. The molecule has 2 saturated heterocycles. The van der Waals surface area contributed by atoms with Crippen LogP contribution in [-0.2, 0) is 16.7 Å². The van der Waals surface area contributed by atoms with Gasteiger partial charge >= 0.3 is 6.73 Å². The molecular weight excluding hydrogens is 620 g/mol. The van der Waals surface area contributed by atoms with Gasteiger partial charge in [-0.15, -0.1) is 0 Å². The molecule has 3 aromatic carbocycles. The number of hydrogen-bond acceptors (Lipinski definition) is 8. The van der Waals surface area contributed by atoms with E-state index in [2.05, 4.69) is 61.7 Å². The van der Waals surface area contributed by atoms with Gasteiger partial charge < -0.3 is 38.2 Å². The van der Waals surface area contributed by atoms with Crippen molar-refractivity contribution in [2.24, 2.45) is 0 Å². The summed E-state index contributed by atoms with van der Waals surface area (Å²) in [5.74, 6) is 2.34. The molecule has 0 radical (unpaired) electrons. The maximum absolute atomic E-state index is 13.9. The molecule has 2 fully saturated rings. The Morgan fingerprint density at radius 1 is 0.898 bits per heavy atom. The van der Waals surface area contributed by atoms with E-state index in [-0.39, 0.29) is 18.1 Å². The first-order valence-corrected chi connectivity index (χ1v) is 17.0. The number of amides is 1. The maximum Gasteiger partial charge on any atom is 0.318 e. The first kappa shape index (κ1) is 34.1. The lowest BCUT2D eigenvalue weighted by Crippen LogP contribution is -2.39. The number of rotatable bonds is 13. The number of likely N-dealkylation sites (tertiary alicyclic amines) is 1. The second-order valence-electron chi connectivity index (χ2n) is 12.7. The third kappa shape index (κ3) is 7.31. The second-order valence-corrected chi connectivity index (χ2v) is 12.7. The number of carbonyl (C=O) groups excluding carboxylic acids is 1. The zero-order valence-electron chi connectivity index (χ0n) is 28.8. The first-order valence-electron chi connectivity index (χ1n) is 17.0. The standard InChI is InChI=1S/C38H46N6O5/c1-39-28-49-24-23-44-32-14-9-8-13-31(32)40-37(44)42-18-10-17-41(21-22-42)19-15-38(30-11-6-5-7-12-30)16-20-43(27-38)36(45)29-25-33(46-2)35(48-4)34(26-29)47-3/h5-9,11-14,25-26H,10,15-24,27-28H2,2-4H3. The Hall–Kier alpha value is -4.79. The normalized spacial score (nSPS) is 18.3. The molecular formula is C38H46N6O5. The zero-order chi connectivity index (χ0) is 34.2. The number of hydrogen-bond donors (Lipinski definition) is 0. The number of benzene rings is 3. The largest absolute Gasteiger partial charge is 0.493 e. The summed E-state index contributed by atoms with van der Waals surface area (Å²) in [6, 6.07) is 22.4. The number of imidazole rings is 1. The highest BCUT2D eigenvalue weighted by atomic mass is 16.5. The number of aromatic nitrogens is 2. The van der Waals surface area contributed by atoms with Crippen molar-refractivity contribution in [3.05, 3.63) is 89.3 Å². The zero-order valence-corrected chi connectivity index (χ0v) is 28.8. The molecule has 6 rings (SSSR count). The Balaban J connectivity index is 1.16. The molecule has 1 unspecified atom stereocenters. The molecule has 0 bridgehead atoms. The van der Waals surface area contributed by atoms with E-state index in [0.29, 0.717) is 49.1 Å². The lowest BCUT2D eigenvalue weighted by Gasteiger charge is -2.33. The molecule has 0 spiro atoms. The van der Waals surface area contributed by atoms with E-state index < -0.39 is 0 Å². The van der Waals surface area contributed by atoms with Gasteiger partial charge in [0.1, 0.15) is 0 Å². The van der Waals surface area contributed by atoms with Gasteiger partial charge in [-0.2, -0.15) is 0 Å². The van der Waals surface area contributed by atoms with Crippen molar-refractivity contribution >= 4 is 22.9 Å². The highest BCUT2D eigenvalue weighted by Crippen LogP contribution is 2.41. The van der Waals surface area contributed by atoms with Gasteiger partial charge in [0.15, 0.2) is 11.5 Å². The smallest absolute Gasteiger partial charge is 0.318 e. The summed E-state index contributed by atoms with van der Waals surface area (Å²) in [6.45, 7) is 14.2. The molecule has 11 heteroatoms. The van der Waals surface area contributed by atoms with E-state index in [0.717, 1.165) is 69.0 Å². The van der Waals surface area contributed by atoms with Crippen LogP contribution in [0, 0.1) is 6.57 Å². The van der Waals surface area contributed by atoms with Gasteiger partial charge in [-0.1, -0.05) is 42.5 Å². The Kier molecular flexibility index (Phi) is 10.9. The van der Waals surface area contributed by atoms with Crippen LogP contribution in [0.2, 0.25) is 0 Å². The quantitative estimate of drug-likeness (QED) is 0.140. The topological polar surface area (TPSA) is 85.9 Å². The number of carbonyl (C=O) groups is 1. The lowest BCUT2D eigenvalue weighted by molar-refractivity contribution is 0.0780. The van der Waals surface area contributed by atoms with Gasteiger partial charge in [0.2, 0.25) is 11.7 Å². The molecule has 2 aliphatic heterocycles. The van der Waals surface area contributed by atoms with Gasteiger partial charge in [0.05, 0.1) is 39.0 Å². The molecule has 0 saturated carbocycles. The predicted octanol–water partition coefficient (Wildman–Crippen LogP) is 5.34. The van der Waals surface area contributed by atoms with Crippen molar-refractivity contribution in [2.45, 2.75) is 31.2 Å². The van der Waals surface area contributed by atoms with E-state index in [4.69, 9.17) is 30.5 Å². The number of fused-ring (bicyclic) bond motifs is 1. The minimum Gasteiger partial charge on any atom is -0.493 e. The SMILES string of the molecule is [C-]#[N+]COCCn1c(N2CCCN(CCC3(c4ccccc4)CCN(C(=O)c4cc(OC)c(OC)c(OC)c4)C3)CC2)nc2ccccc21. The van der Waals surface area contributed by atoms with Crippen molar-refractivity contribution in [3.8, 4) is 17.2 Å². The summed E-state index contributed by atoms with van der Waals surface area (Å²) in [5, 5.41) is 0. The van der Waals surface area contributed by atoms with Crippen molar-refractivity contribution in [2.75, 3.05) is 85.4 Å². The van der Waals surface area contributed by atoms with Gasteiger partial charge in [-0.3, -0.25) is 9.64 Å². The van der Waals surface area contributed by atoms with Crippen LogP contribution < -0.4 is 19.1 Å². The number of ether oxygens (including phenoxy) is 4. The van der Waals surface area contributed by atoms with Crippen LogP contribution in [0.25, 0.3) is 15.9 Å². The molecule has 1 aromatic heterocycles. The van der Waals surface area contributed by atoms with Crippen LogP contribution in [0.15, 0.2) is 66.7 Å². The summed E-state index contributed by atoms with van der Waals surface area (Å²) in [4.78, 5) is 29.2. The van der Waals surface area contributed by atoms with Crippen LogP contribution >= 0.6 is 0 Å². The fraction of sp³-hybridized carbons (Fsp3) is 0.447. The minimum atomic E-state index is -0.150. The monoisotopic (exact) mass is 666 g/mol. The van der Waals surface area contributed by atoms with Crippen molar-refractivity contribution in [1.82, 2.24) is 19.4 Å². The number of anilines is 1. The molecule has 258 valence electrons. The molecule has 0 aliphatic carbocycles. The van der Waals surface area contributed by atoms with Crippen LogP contribution in [0.5, 0.6) is 17.2 Å². The molecule has 0 N–H and O–H groups in total. The summed E-state index contributed by atoms with van der Waals surface area (Å²) in [7, 11) is 4.69. The predicted molar refractivity (Wildman–Crippen MR) is 190 cm³/mol. The number of methoxy groups -OCH3 is 3. The average molecular weight is 667 g/mol. The van der Waals surface area contributed by atoms with Crippen molar-refractivity contribution in [1.29, 1.82) is 0 Å². The first-order chi connectivity index (χ1) is 24.0. The van der Waals surface area contributed by atoms with Crippen LogP contribution in [0.4, 0.5) is 5.95 Å². The van der Waals surface area contributed by atoms with Gasteiger partial charge in [-0.05, 0) is 62.2 Å². The van der Waals surface area contributed by atoms with E-state index >= 15 is 0 Å². The molecule has 4 aromatic rings. The fourth-order valence-electron chi connectivity index (χ4n) is 7.37. The molecule has 1 atom stereocenters. The molecule has 2 aliphatic rings. The lowest BCUT2D eigenvalue weighted by atomic mass is 9.76. The Morgan fingerprint density at radius 3 is 2.39 bits per heavy atom. The highest BCUT2D eigenvalue weighted by molar-refractivity contribution is 5.96. The Morgan fingerprint density at radius 2 is 1.65 bits per heavy atom. The molecule has 49 heavy (non-hydrogen) atoms. The average Bonchev–Trinajstić information content (AvgIpc) is 3.67. The Labute approximate surface area is 288 Å². The summed E-state index contributed by atoms with van der Waals surface area (Å²) in [6.07, 6.45) is 2.88. The van der Waals surface area contributed by atoms with Gasteiger partial charge in [-0.25, -0.2) is 11.6 Å². The van der Waals surface area contributed by atoms with Gasteiger partial charge in [0.25, 0.3) is 5.91 Å². The van der Waals surface area contributed by atoms with Crippen LogP contribution in [0.3, 0.4) is 0 Å².